The number of hydrogen-bond donors (Lipinski definition) is 2. The Kier molecular flexibility index (Phi) is 3.28. The van der Waals surface area contributed by atoms with Crippen molar-refractivity contribution in [2.24, 2.45) is 0 Å². The van der Waals surface area contributed by atoms with Crippen molar-refractivity contribution in [3.8, 4) is 0 Å². The summed E-state index contributed by atoms with van der Waals surface area (Å²) in [5.41, 5.74) is 7.54. The van der Waals surface area contributed by atoms with Crippen LogP contribution in [0.1, 0.15) is 15.9 Å². The largest absolute Gasteiger partial charge is 0.399 e. The molecule has 0 spiro atoms. The molecule has 0 bridgehead atoms. The van der Waals surface area contributed by atoms with E-state index in [1.807, 2.05) is 0 Å². The Morgan fingerprint density at radius 1 is 1.22 bits per heavy atom. The van der Waals surface area contributed by atoms with Crippen LogP contribution in [0.2, 0.25) is 0 Å². The summed E-state index contributed by atoms with van der Waals surface area (Å²) >= 11 is 0. The predicted octanol–water partition coefficient (Wildman–Crippen LogP) is 2.97. The fourth-order valence-corrected chi connectivity index (χ4v) is 1.63. The number of nitrogen functional groups attached to an aromatic ring is 1. The van der Waals surface area contributed by atoms with Gasteiger partial charge in [0.1, 0.15) is 5.82 Å². The molecule has 4 heteroatoms. The summed E-state index contributed by atoms with van der Waals surface area (Å²) in [4.78, 5) is 11.9. The van der Waals surface area contributed by atoms with E-state index < -0.39 is 11.7 Å². The first kappa shape index (κ1) is 12.1. The molecule has 3 nitrogen and oxygen atoms in total. The second kappa shape index (κ2) is 4.87. The summed E-state index contributed by atoms with van der Waals surface area (Å²) in [6.45, 7) is 1.80. The van der Waals surface area contributed by atoms with Gasteiger partial charge in [0.15, 0.2) is 0 Å². The molecule has 0 aliphatic carbocycles. The molecule has 1 amide bonds. The van der Waals surface area contributed by atoms with E-state index in [9.17, 15) is 9.18 Å². The molecule has 2 aromatic carbocycles. The van der Waals surface area contributed by atoms with E-state index >= 15 is 0 Å². The van der Waals surface area contributed by atoms with Crippen molar-refractivity contribution >= 4 is 17.3 Å². The van der Waals surface area contributed by atoms with Gasteiger partial charge in [-0.1, -0.05) is 17.7 Å². The maximum atomic E-state index is 13.5. The van der Waals surface area contributed by atoms with E-state index in [1.54, 1.807) is 37.3 Å². The molecule has 0 atom stereocenters. The van der Waals surface area contributed by atoms with Gasteiger partial charge >= 0.3 is 0 Å². The predicted molar refractivity (Wildman–Crippen MR) is 69.9 cm³/mol. The normalized spacial score (nSPS) is 10.1. The van der Waals surface area contributed by atoms with E-state index in [-0.39, 0.29) is 5.56 Å². The van der Waals surface area contributed by atoms with Crippen LogP contribution in [0.15, 0.2) is 42.5 Å². The third-order valence-corrected chi connectivity index (χ3v) is 2.51. The third kappa shape index (κ3) is 2.66. The molecule has 0 heterocycles. The van der Waals surface area contributed by atoms with Crippen molar-refractivity contribution in [3.05, 3.63) is 59.4 Å². The van der Waals surface area contributed by atoms with Gasteiger partial charge in [-0.2, -0.15) is 0 Å². The molecule has 3 N–H and O–H groups in total. The lowest BCUT2D eigenvalue weighted by Gasteiger charge is -2.07. The van der Waals surface area contributed by atoms with Crippen LogP contribution in [0.5, 0.6) is 0 Å². The molecule has 0 saturated carbocycles. The van der Waals surface area contributed by atoms with Gasteiger partial charge in [0, 0.05) is 11.4 Å². The Labute approximate surface area is 104 Å². The average molecular weight is 244 g/mol. The van der Waals surface area contributed by atoms with Crippen molar-refractivity contribution < 1.29 is 9.18 Å². The van der Waals surface area contributed by atoms with E-state index in [0.29, 0.717) is 11.4 Å². The Morgan fingerprint density at radius 3 is 2.72 bits per heavy atom. The van der Waals surface area contributed by atoms with Gasteiger partial charge in [-0.05, 0) is 37.3 Å². The van der Waals surface area contributed by atoms with Crippen LogP contribution < -0.4 is 11.1 Å². The lowest BCUT2D eigenvalue weighted by atomic mass is 10.1. The highest BCUT2D eigenvalue weighted by Gasteiger charge is 2.11. The molecule has 0 aliphatic rings. The minimum absolute atomic E-state index is 0.0254. The third-order valence-electron chi connectivity index (χ3n) is 2.51. The topological polar surface area (TPSA) is 55.1 Å². The molecule has 0 fully saturated rings. The fraction of sp³-hybridized carbons (Fsp3) is 0.0714. The van der Waals surface area contributed by atoms with Gasteiger partial charge in [-0.25, -0.2) is 4.39 Å². The number of benzene rings is 2. The smallest absolute Gasteiger partial charge is 0.258 e. The molecule has 0 aromatic heterocycles. The molecular weight excluding hydrogens is 231 g/mol. The molecule has 0 aliphatic heterocycles. The SMILES string of the molecule is Cc1ccc(F)c(C(=O)Nc2cccc(N)c2)c1. The van der Waals surface area contributed by atoms with Crippen molar-refractivity contribution in [2.45, 2.75) is 6.92 Å². The summed E-state index contributed by atoms with van der Waals surface area (Å²) < 4.78 is 13.5. The fourth-order valence-electron chi connectivity index (χ4n) is 1.63. The monoisotopic (exact) mass is 244 g/mol. The number of nitrogens with two attached hydrogens (primary N) is 1. The Balaban J connectivity index is 2.24. The zero-order valence-corrected chi connectivity index (χ0v) is 9.91. The van der Waals surface area contributed by atoms with E-state index in [2.05, 4.69) is 5.32 Å². The molecular formula is C14H13FN2O. The minimum Gasteiger partial charge on any atom is -0.399 e. The lowest BCUT2D eigenvalue weighted by molar-refractivity contribution is 0.102. The summed E-state index contributed by atoms with van der Waals surface area (Å²) in [6, 6.07) is 11.2. The molecule has 18 heavy (non-hydrogen) atoms. The summed E-state index contributed by atoms with van der Waals surface area (Å²) in [5, 5.41) is 2.61. The maximum absolute atomic E-state index is 13.5. The number of carbonyl (C=O) groups is 1. The highest BCUT2D eigenvalue weighted by Crippen LogP contribution is 2.15. The van der Waals surface area contributed by atoms with Gasteiger partial charge in [0.05, 0.1) is 5.56 Å². The Morgan fingerprint density at radius 2 is 2.00 bits per heavy atom. The second-order valence-electron chi connectivity index (χ2n) is 4.06. The molecule has 2 rings (SSSR count). The first-order chi connectivity index (χ1) is 8.56. The van der Waals surface area contributed by atoms with Crippen molar-refractivity contribution in [3.63, 3.8) is 0 Å². The van der Waals surface area contributed by atoms with Gasteiger partial charge in [0.25, 0.3) is 5.91 Å². The van der Waals surface area contributed by atoms with Crippen LogP contribution >= 0.6 is 0 Å². The number of carbonyl (C=O) groups excluding carboxylic acids is 1. The summed E-state index contributed by atoms with van der Waals surface area (Å²) in [7, 11) is 0. The first-order valence-electron chi connectivity index (χ1n) is 5.49. The van der Waals surface area contributed by atoms with Crippen LogP contribution in [-0.4, -0.2) is 5.91 Å². The van der Waals surface area contributed by atoms with Crippen LogP contribution in [0, 0.1) is 12.7 Å². The van der Waals surface area contributed by atoms with Crippen molar-refractivity contribution in [1.29, 1.82) is 0 Å². The first-order valence-corrected chi connectivity index (χ1v) is 5.49. The molecule has 92 valence electrons. The Bertz CT molecular complexity index is 596. The molecule has 2 aromatic rings. The van der Waals surface area contributed by atoms with Crippen LogP contribution in [0.4, 0.5) is 15.8 Å². The number of nitrogens with one attached hydrogen (secondary N) is 1. The van der Waals surface area contributed by atoms with E-state index in [1.165, 1.54) is 12.1 Å². The van der Waals surface area contributed by atoms with Gasteiger partial charge in [-0.15, -0.1) is 0 Å². The van der Waals surface area contributed by atoms with Crippen molar-refractivity contribution in [1.82, 2.24) is 0 Å². The second-order valence-corrected chi connectivity index (χ2v) is 4.06. The van der Waals surface area contributed by atoms with Crippen molar-refractivity contribution in [2.75, 3.05) is 11.1 Å². The van der Waals surface area contributed by atoms with Crippen LogP contribution in [-0.2, 0) is 0 Å². The zero-order valence-electron chi connectivity index (χ0n) is 9.91. The molecule has 0 unspecified atom stereocenters. The zero-order chi connectivity index (χ0) is 13.1. The number of anilines is 2. The number of aryl methyl sites for hydroxylation is 1. The van der Waals surface area contributed by atoms with Gasteiger partial charge < -0.3 is 11.1 Å². The number of amides is 1. The quantitative estimate of drug-likeness (QED) is 0.798. The number of halogens is 1. The van der Waals surface area contributed by atoms with Gasteiger partial charge in [-0.3, -0.25) is 4.79 Å². The number of rotatable bonds is 2. The molecule has 0 radical (unpaired) electrons. The van der Waals surface area contributed by atoms with E-state index in [4.69, 9.17) is 5.73 Å². The highest BCUT2D eigenvalue weighted by molar-refractivity contribution is 6.04. The summed E-state index contributed by atoms with van der Waals surface area (Å²) in [6.07, 6.45) is 0. The average Bonchev–Trinajstić information content (AvgIpc) is 2.32. The standard InChI is InChI=1S/C14H13FN2O/c1-9-5-6-13(15)12(7-9)14(18)17-11-4-2-3-10(16)8-11/h2-8H,16H2,1H3,(H,17,18). The highest BCUT2D eigenvalue weighted by atomic mass is 19.1. The summed E-state index contributed by atoms with van der Waals surface area (Å²) in [5.74, 6) is -1.02. The lowest BCUT2D eigenvalue weighted by Crippen LogP contribution is -2.14. The molecule has 0 saturated heterocycles. The van der Waals surface area contributed by atoms with Crippen LogP contribution in [0.3, 0.4) is 0 Å². The minimum atomic E-state index is -0.540. The van der Waals surface area contributed by atoms with Gasteiger partial charge in [0.2, 0.25) is 0 Å². The number of hydrogen-bond acceptors (Lipinski definition) is 2. The Hall–Kier alpha value is -2.36. The maximum Gasteiger partial charge on any atom is 0.258 e. The van der Waals surface area contributed by atoms with E-state index in [0.717, 1.165) is 5.56 Å². The van der Waals surface area contributed by atoms with Crippen LogP contribution in [0.25, 0.3) is 0 Å².